The third-order valence-electron chi connectivity index (χ3n) is 5.38. The van der Waals surface area contributed by atoms with Crippen LogP contribution in [0.1, 0.15) is 35.3 Å². The van der Waals surface area contributed by atoms with Gasteiger partial charge in [0.05, 0.1) is 12.5 Å². The standard InChI is InChI=1S/C17H20N4OS.C9H12N2OS.C2H6/c1-22-12-5-6-14-15(9-12)23-17(21-14)13(18)8-10-3-2-4-11(7-10)16(19)20;10-4-5-11-9(12)7-2-1-3-8(13)6-7;1-2/h2-7,9,13,17,21H,8,18H2,1H3,(H3,19,20);1-3,6,13H,4-5,10H2,(H,11,12);1-2H3. The number of benzene rings is 3. The molecule has 1 amide bonds. The Morgan fingerprint density at radius 3 is 2.50 bits per heavy atom. The SMILES string of the molecule is CC.COc1ccc2c(c1)SC(C(N)Cc1cccc(C(=N)N)c1)N2.NCCNC(=O)c1cccc(S)c1. The number of hydrogen-bond donors (Lipinski definition) is 7. The first-order chi connectivity index (χ1) is 18.3. The lowest BCUT2D eigenvalue weighted by molar-refractivity contribution is 0.0954. The molecule has 0 spiro atoms. The summed E-state index contributed by atoms with van der Waals surface area (Å²) in [7, 11) is 1.67. The van der Waals surface area contributed by atoms with Crippen LogP contribution in [-0.4, -0.2) is 43.4 Å². The molecule has 0 aromatic heterocycles. The predicted molar refractivity (Wildman–Crippen MR) is 162 cm³/mol. The van der Waals surface area contributed by atoms with Crippen LogP contribution in [0.15, 0.2) is 76.5 Å². The molecule has 0 radical (unpaired) electrons. The molecule has 0 saturated heterocycles. The zero-order valence-electron chi connectivity index (χ0n) is 22.0. The van der Waals surface area contributed by atoms with E-state index in [2.05, 4.69) is 23.3 Å². The molecule has 204 valence electrons. The zero-order valence-corrected chi connectivity index (χ0v) is 23.7. The third-order valence-corrected chi connectivity index (χ3v) is 6.97. The highest BCUT2D eigenvalue weighted by atomic mass is 32.2. The topological polar surface area (TPSA) is 152 Å². The average Bonchev–Trinajstić information content (AvgIpc) is 3.37. The number of carbonyl (C=O) groups excluding carboxylic acids is 1. The Morgan fingerprint density at radius 2 is 1.84 bits per heavy atom. The maximum atomic E-state index is 11.4. The molecule has 0 bridgehead atoms. The number of thioether (sulfide) groups is 1. The molecule has 0 fully saturated rings. The summed E-state index contributed by atoms with van der Waals surface area (Å²) < 4.78 is 5.26. The van der Waals surface area contributed by atoms with Crippen LogP contribution >= 0.6 is 24.4 Å². The molecule has 10 heteroatoms. The molecule has 3 aromatic rings. The molecule has 0 aliphatic carbocycles. The Hall–Kier alpha value is -3.18. The van der Waals surface area contributed by atoms with E-state index >= 15 is 0 Å². The Morgan fingerprint density at radius 1 is 1.13 bits per heavy atom. The summed E-state index contributed by atoms with van der Waals surface area (Å²) in [6.07, 6.45) is 0.719. The van der Waals surface area contributed by atoms with Crippen LogP contribution < -0.4 is 32.6 Å². The van der Waals surface area contributed by atoms with Gasteiger partial charge in [-0.2, -0.15) is 0 Å². The summed E-state index contributed by atoms with van der Waals surface area (Å²) in [5, 5.41) is 13.8. The van der Waals surface area contributed by atoms with Crippen LogP contribution in [-0.2, 0) is 6.42 Å². The summed E-state index contributed by atoms with van der Waals surface area (Å²) in [6, 6.07) is 20.7. The lowest BCUT2D eigenvalue weighted by atomic mass is 10.0. The number of amides is 1. The lowest BCUT2D eigenvalue weighted by Gasteiger charge is -2.19. The molecular weight excluding hydrogens is 516 g/mol. The van der Waals surface area contributed by atoms with Gasteiger partial charge in [0.2, 0.25) is 0 Å². The second kappa shape index (κ2) is 15.9. The van der Waals surface area contributed by atoms with E-state index in [1.54, 1.807) is 37.1 Å². The number of nitrogens with one attached hydrogen (secondary N) is 3. The van der Waals surface area contributed by atoms with Crippen molar-refractivity contribution in [2.75, 3.05) is 25.5 Å². The number of nitrogens with two attached hydrogens (primary N) is 3. The van der Waals surface area contributed by atoms with E-state index in [1.807, 2.05) is 62.4 Å². The van der Waals surface area contributed by atoms with Crippen LogP contribution in [0.4, 0.5) is 5.69 Å². The Bertz CT molecular complexity index is 1210. The van der Waals surface area contributed by atoms with Gasteiger partial charge in [0, 0.05) is 45.7 Å². The van der Waals surface area contributed by atoms with E-state index in [0.717, 1.165) is 38.8 Å². The molecule has 2 unspecified atom stereocenters. The number of methoxy groups -OCH3 is 1. The van der Waals surface area contributed by atoms with Crippen LogP contribution in [0.5, 0.6) is 5.75 Å². The number of fused-ring (bicyclic) bond motifs is 1. The number of hydrogen-bond acceptors (Lipinski definition) is 8. The summed E-state index contributed by atoms with van der Waals surface area (Å²) >= 11 is 5.86. The molecule has 0 saturated carbocycles. The number of carbonyl (C=O) groups is 1. The lowest BCUT2D eigenvalue weighted by Crippen LogP contribution is -2.37. The Kier molecular flexibility index (Phi) is 13.0. The third kappa shape index (κ3) is 9.29. The van der Waals surface area contributed by atoms with E-state index in [0.29, 0.717) is 18.7 Å². The maximum absolute atomic E-state index is 11.4. The van der Waals surface area contributed by atoms with E-state index in [1.165, 1.54) is 0 Å². The highest BCUT2D eigenvalue weighted by Crippen LogP contribution is 2.41. The molecule has 38 heavy (non-hydrogen) atoms. The molecule has 2 atom stereocenters. The fraction of sp³-hybridized carbons (Fsp3) is 0.286. The van der Waals surface area contributed by atoms with Crippen molar-refractivity contribution in [3.8, 4) is 5.75 Å². The van der Waals surface area contributed by atoms with Gasteiger partial charge in [-0.25, -0.2) is 0 Å². The number of nitrogen functional groups attached to an aromatic ring is 1. The van der Waals surface area contributed by atoms with E-state index in [9.17, 15) is 4.79 Å². The fourth-order valence-electron chi connectivity index (χ4n) is 3.54. The second-order valence-corrected chi connectivity index (χ2v) is 9.82. The van der Waals surface area contributed by atoms with Crippen LogP contribution in [0.3, 0.4) is 0 Å². The number of anilines is 1. The summed E-state index contributed by atoms with van der Waals surface area (Å²) in [4.78, 5) is 13.3. The predicted octanol–water partition coefficient (Wildman–Crippen LogP) is 4.08. The van der Waals surface area contributed by atoms with Crippen molar-refractivity contribution in [2.45, 2.75) is 41.5 Å². The van der Waals surface area contributed by atoms with Gasteiger partial charge < -0.3 is 32.6 Å². The monoisotopic (exact) mass is 554 g/mol. The highest BCUT2D eigenvalue weighted by Gasteiger charge is 2.27. The van der Waals surface area contributed by atoms with Gasteiger partial charge in [0.25, 0.3) is 5.91 Å². The van der Waals surface area contributed by atoms with Gasteiger partial charge >= 0.3 is 0 Å². The maximum Gasteiger partial charge on any atom is 0.251 e. The van der Waals surface area contributed by atoms with Crippen molar-refractivity contribution in [2.24, 2.45) is 17.2 Å². The highest BCUT2D eigenvalue weighted by molar-refractivity contribution is 8.00. The van der Waals surface area contributed by atoms with Gasteiger partial charge in [-0.05, 0) is 54.4 Å². The Labute approximate surface area is 235 Å². The van der Waals surface area contributed by atoms with Crippen molar-refractivity contribution in [3.63, 3.8) is 0 Å². The minimum atomic E-state index is -0.110. The van der Waals surface area contributed by atoms with Crippen molar-refractivity contribution < 1.29 is 9.53 Å². The summed E-state index contributed by atoms with van der Waals surface area (Å²) in [6.45, 7) is 4.95. The van der Waals surface area contributed by atoms with Crippen molar-refractivity contribution in [3.05, 3.63) is 83.4 Å². The van der Waals surface area contributed by atoms with E-state index in [4.69, 9.17) is 27.3 Å². The molecule has 8 nitrogen and oxygen atoms in total. The molecule has 1 aliphatic rings. The van der Waals surface area contributed by atoms with Crippen LogP contribution in [0.25, 0.3) is 0 Å². The first-order valence-electron chi connectivity index (χ1n) is 12.4. The van der Waals surface area contributed by atoms with E-state index < -0.39 is 0 Å². The molecular formula is C28H38N6O2S2. The number of thiol groups is 1. The van der Waals surface area contributed by atoms with Gasteiger partial charge in [0.1, 0.15) is 11.6 Å². The molecule has 1 aliphatic heterocycles. The van der Waals surface area contributed by atoms with Gasteiger partial charge in [-0.3, -0.25) is 10.2 Å². The molecule has 1 heterocycles. The van der Waals surface area contributed by atoms with Crippen LogP contribution in [0, 0.1) is 5.41 Å². The fourth-order valence-corrected chi connectivity index (χ4v) is 4.93. The molecule has 4 rings (SSSR count). The minimum Gasteiger partial charge on any atom is -0.497 e. The molecule has 3 aromatic carbocycles. The van der Waals surface area contributed by atoms with Crippen molar-refractivity contribution >= 4 is 41.8 Å². The normalized spacial score (nSPS) is 13.9. The first-order valence-corrected chi connectivity index (χ1v) is 13.7. The average molecular weight is 555 g/mol. The quantitative estimate of drug-likeness (QED) is 0.126. The first kappa shape index (κ1) is 31.0. The van der Waals surface area contributed by atoms with Crippen molar-refractivity contribution in [1.82, 2.24) is 5.32 Å². The summed E-state index contributed by atoms with van der Waals surface area (Å²) in [5.74, 6) is 0.816. The summed E-state index contributed by atoms with van der Waals surface area (Å²) in [5.41, 5.74) is 20.7. The largest absolute Gasteiger partial charge is 0.497 e. The van der Waals surface area contributed by atoms with Gasteiger partial charge in [-0.15, -0.1) is 12.6 Å². The smallest absolute Gasteiger partial charge is 0.251 e. The zero-order chi connectivity index (χ0) is 28.1. The molecule has 9 N–H and O–H groups in total. The number of amidine groups is 1. The van der Waals surface area contributed by atoms with Crippen molar-refractivity contribution in [1.29, 1.82) is 5.41 Å². The minimum absolute atomic E-state index is 0.0550. The van der Waals surface area contributed by atoms with Gasteiger partial charge in [-0.1, -0.05) is 49.9 Å². The second-order valence-electron chi connectivity index (χ2n) is 8.12. The number of ether oxygens (including phenoxy) is 1. The van der Waals surface area contributed by atoms with Gasteiger partial charge in [0.15, 0.2) is 0 Å². The van der Waals surface area contributed by atoms with E-state index in [-0.39, 0.29) is 23.2 Å². The number of rotatable bonds is 8. The van der Waals surface area contributed by atoms with Crippen LogP contribution in [0.2, 0.25) is 0 Å². The Balaban J connectivity index is 0.000000288.